The molecule has 0 aliphatic carbocycles. The van der Waals surface area contributed by atoms with Crippen molar-refractivity contribution in [3.63, 3.8) is 0 Å². The van der Waals surface area contributed by atoms with Gasteiger partial charge in [0.05, 0.1) is 11.3 Å². The second kappa shape index (κ2) is 3.39. The number of amides is 1. The summed E-state index contributed by atoms with van der Waals surface area (Å²) in [6, 6.07) is 4.67. The molecule has 2 rings (SSSR count). The molecule has 1 N–H and O–H groups in total. The van der Waals surface area contributed by atoms with Crippen molar-refractivity contribution < 1.29 is 14.4 Å². The molecule has 0 bridgehead atoms. The van der Waals surface area contributed by atoms with Crippen LogP contribution in [0.3, 0.4) is 0 Å². The molecule has 0 fully saturated rings. The van der Waals surface area contributed by atoms with Crippen LogP contribution >= 0.6 is 0 Å². The highest BCUT2D eigenvalue weighted by atomic mass is 16.2. The number of Topliss-reactive ketones (excluding diaryl/α,β-unsaturated/α-hetero) is 1. The number of aldehydes is 1. The number of carbonyl (C=O) groups excluding carboxylic acids is 3. The van der Waals surface area contributed by atoms with Gasteiger partial charge < -0.3 is 5.32 Å². The van der Waals surface area contributed by atoms with Crippen molar-refractivity contribution in [2.45, 2.75) is 0 Å². The van der Waals surface area contributed by atoms with Gasteiger partial charge in [-0.2, -0.15) is 0 Å². The number of rotatable bonds is 0. The zero-order valence-corrected chi connectivity index (χ0v) is 7.53. The highest BCUT2D eigenvalue weighted by molar-refractivity contribution is 6.51. The van der Waals surface area contributed by atoms with Gasteiger partial charge in [0.2, 0.25) is 0 Å². The van der Waals surface area contributed by atoms with Crippen LogP contribution in [-0.2, 0) is 9.59 Å². The fourth-order valence-corrected chi connectivity index (χ4v) is 1.34. The predicted molar refractivity (Wildman–Crippen MR) is 52.3 cm³/mol. The molecule has 0 unspecified atom stereocenters. The summed E-state index contributed by atoms with van der Waals surface area (Å²) in [6.07, 6.45) is 0.483. The van der Waals surface area contributed by atoms with Gasteiger partial charge >= 0.3 is 0 Å². The maximum atomic E-state index is 11.2. The number of ketones is 1. The Balaban J connectivity index is 2.46. The van der Waals surface area contributed by atoms with E-state index in [9.17, 15) is 14.4 Å². The number of anilines is 1. The van der Waals surface area contributed by atoms with E-state index < -0.39 is 11.7 Å². The van der Waals surface area contributed by atoms with Crippen molar-refractivity contribution in [3.8, 4) is 11.8 Å². The molecule has 0 aromatic heterocycles. The fraction of sp³-hybridized carbons (Fsp3) is 0. The molecule has 0 saturated heterocycles. The number of hydrogen-bond donors (Lipinski definition) is 1. The third-order valence-electron chi connectivity index (χ3n) is 1.99. The predicted octanol–water partition coefficient (Wildman–Crippen LogP) is 0.372. The standard InChI is InChI=1S/C11H5NO3/c13-5-1-2-7-3-4-8-9(6-7)12-11(15)10(8)14/h3-6H,(H,12,14,15). The molecule has 72 valence electrons. The normalized spacial score (nSPS) is 12.5. The number of hydrogen-bond acceptors (Lipinski definition) is 3. The topological polar surface area (TPSA) is 63.2 Å². The molecule has 4 nitrogen and oxygen atoms in total. The maximum absolute atomic E-state index is 11.2. The number of carbonyl (C=O) groups is 3. The minimum Gasteiger partial charge on any atom is -0.318 e. The third-order valence-corrected chi connectivity index (χ3v) is 1.99. The van der Waals surface area contributed by atoms with Crippen LogP contribution in [-0.4, -0.2) is 18.0 Å². The Labute approximate surface area is 85.3 Å². The van der Waals surface area contributed by atoms with Gasteiger partial charge in [0.1, 0.15) is 0 Å². The van der Waals surface area contributed by atoms with Gasteiger partial charge in [0, 0.05) is 5.56 Å². The second-order valence-electron chi connectivity index (χ2n) is 2.93. The summed E-state index contributed by atoms with van der Waals surface area (Å²) in [5.41, 5.74) is 1.37. The molecule has 1 aromatic carbocycles. The third kappa shape index (κ3) is 1.51. The lowest BCUT2D eigenvalue weighted by molar-refractivity contribution is -0.112. The van der Waals surface area contributed by atoms with Gasteiger partial charge in [-0.15, -0.1) is 0 Å². The molecule has 0 atom stereocenters. The van der Waals surface area contributed by atoms with Crippen molar-refractivity contribution in [1.82, 2.24) is 0 Å². The highest BCUT2D eigenvalue weighted by Crippen LogP contribution is 2.23. The average Bonchev–Trinajstić information content (AvgIpc) is 2.52. The van der Waals surface area contributed by atoms with E-state index in [1.807, 2.05) is 0 Å². The Kier molecular flexibility index (Phi) is 2.07. The lowest BCUT2D eigenvalue weighted by atomic mass is 10.1. The summed E-state index contributed by atoms with van der Waals surface area (Å²) in [4.78, 5) is 32.2. The summed E-state index contributed by atoms with van der Waals surface area (Å²) in [5.74, 6) is 3.65. The molecule has 4 heteroatoms. The highest BCUT2D eigenvalue weighted by Gasteiger charge is 2.27. The van der Waals surface area contributed by atoms with Crippen molar-refractivity contribution in [1.29, 1.82) is 0 Å². The fourth-order valence-electron chi connectivity index (χ4n) is 1.34. The van der Waals surface area contributed by atoms with Crippen molar-refractivity contribution in [2.24, 2.45) is 0 Å². The first-order valence-electron chi connectivity index (χ1n) is 4.17. The van der Waals surface area contributed by atoms with Gasteiger partial charge in [-0.1, -0.05) is 5.92 Å². The van der Waals surface area contributed by atoms with E-state index in [1.165, 1.54) is 6.07 Å². The molecule has 1 heterocycles. The summed E-state index contributed by atoms with van der Waals surface area (Å²) in [6.45, 7) is 0. The van der Waals surface area contributed by atoms with Crippen LogP contribution in [0.2, 0.25) is 0 Å². The van der Waals surface area contributed by atoms with Crippen LogP contribution in [0.4, 0.5) is 5.69 Å². The van der Waals surface area contributed by atoms with Gasteiger partial charge in [0.15, 0.2) is 6.29 Å². The van der Waals surface area contributed by atoms with Crippen LogP contribution in [0.5, 0.6) is 0 Å². The minimum atomic E-state index is -0.634. The molecule has 1 aliphatic heterocycles. The molecule has 0 spiro atoms. The largest absolute Gasteiger partial charge is 0.318 e. The first kappa shape index (κ1) is 9.16. The summed E-state index contributed by atoms with van der Waals surface area (Å²) < 4.78 is 0. The van der Waals surface area contributed by atoms with Gasteiger partial charge in [0.25, 0.3) is 11.7 Å². The van der Waals surface area contributed by atoms with E-state index in [-0.39, 0.29) is 0 Å². The Hall–Kier alpha value is -2.41. The molecular formula is C11H5NO3. The van der Waals surface area contributed by atoms with Gasteiger partial charge in [-0.05, 0) is 24.1 Å². The Morgan fingerprint density at radius 1 is 1.27 bits per heavy atom. The van der Waals surface area contributed by atoms with E-state index in [4.69, 9.17) is 0 Å². The summed E-state index contributed by atoms with van der Waals surface area (Å²) >= 11 is 0. The average molecular weight is 199 g/mol. The summed E-state index contributed by atoms with van der Waals surface area (Å²) in [7, 11) is 0. The van der Waals surface area contributed by atoms with Crippen molar-refractivity contribution in [3.05, 3.63) is 29.3 Å². The first-order valence-corrected chi connectivity index (χ1v) is 4.17. The molecule has 0 radical (unpaired) electrons. The first-order chi connectivity index (χ1) is 7.22. The molecule has 15 heavy (non-hydrogen) atoms. The van der Waals surface area contributed by atoms with Crippen LogP contribution < -0.4 is 5.32 Å². The Morgan fingerprint density at radius 3 is 2.80 bits per heavy atom. The van der Waals surface area contributed by atoms with Crippen molar-refractivity contribution >= 4 is 23.7 Å². The molecule has 1 aliphatic rings. The zero-order chi connectivity index (χ0) is 10.8. The Bertz CT molecular complexity index is 534. The molecule has 1 amide bonds. The van der Waals surface area contributed by atoms with Gasteiger partial charge in [-0.25, -0.2) is 0 Å². The lowest BCUT2D eigenvalue weighted by Gasteiger charge is -1.96. The summed E-state index contributed by atoms with van der Waals surface area (Å²) in [5, 5.41) is 2.42. The van der Waals surface area contributed by atoms with E-state index in [2.05, 4.69) is 17.2 Å². The monoisotopic (exact) mass is 199 g/mol. The van der Waals surface area contributed by atoms with Crippen LogP contribution in [0.15, 0.2) is 18.2 Å². The van der Waals surface area contributed by atoms with Crippen LogP contribution in [0, 0.1) is 11.8 Å². The van der Waals surface area contributed by atoms with E-state index in [0.717, 1.165) is 0 Å². The van der Waals surface area contributed by atoms with Crippen LogP contribution in [0.25, 0.3) is 0 Å². The van der Waals surface area contributed by atoms with Crippen molar-refractivity contribution in [2.75, 3.05) is 5.32 Å². The molecule has 1 aromatic rings. The SMILES string of the molecule is O=CC#Cc1ccc2c(c1)NC(=O)C2=O. The second-order valence-corrected chi connectivity index (χ2v) is 2.93. The number of benzene rings is 1. The Morgan fingerprint density at radius 2 is 2.07 bits per heavy atom. The quantitative estimate of drug-likeness (QED) is 0.373. The van der Waals surface area contributed by atoms with E-state index >= 15 is 0 Å². The van der Waals surface area contributed by atoms with E-state index in [1.54, 1.807) is 12.1 Å². The van der Waals surface area contributed by atoms with E-state index in [0.29, 0.717) is 23.1 Å². The smallest absolute Gasteiger partial charge is 0.296 e. The molecular weight excluding hydrogens is 194 g/mol. The minimum absolute atomic E-state index is 0.344. The zero-order valence-electron chi connectivity index (χ0n) is 7.53. The number of fused-ring (bicyclic) bond motifs is 1. The van der Waals surface area contributed by atoms with Crippen LogP contribution in [0.1, 0.15) is 15.9 Å². The van der Waals surface area contributed by atoms with Gasteiger partial charge in [-0.3, -0.25) is 14.4 Å². The number of nitrogens with one attached hydrogen (secondary N) is 1. The molecule has 0 saturated carbocycles. The lowest BCUT2D eigenvalue weighted by Crippen LogP contribution is -2.12. The maximum Gasteiger partial charge on any atom is 0.296 e.